The fourth-order valence-electron chi connectivity index (χ4n) is 2.51. The zero-order chi connectivity index (χ0) is 18.1. The van der Waals surface area contributed by atoms with Crippen LogP contribution in [0, 0.1) is 0 Å². The lowest BCUT2D eigenvalue weighted by atomic mass is 10.3. The average Bonchev–Trinajstić information content (AvgIpc) is 3.29. The fourth-order valence-corrected chi connectivity index (χ4v) is 2.51. The van der Waals surface area contributed by atoms with Gasteiger partial charge in [-0.15, -0.1) is 5.10 Å². The van der Waals surface area contributed by atoms with Crippen LogP contribution in [0.5, 0.6) is 0 Å². The van der Waals surface area contributed by atoms with E-state index in [2.05, 4.69) is 30.9 Å². The first-order chi connectivity index (χ1) is 12.6. The first kappa shape index (κ1) is 15.6. The first-order valence-corrected chi connectivity index (χ1v) is 7.62. The number of fused-ring (bicyclic) bond motifs is 1. The summed E-state index contributed by atoms with van der Waals surface area (Å²) < 4.78 is 4.25. The maximum atomic E-state index is 12.4. The lowest BCUT2D eigenvalue weighted by molar-refractivity contribution is -0.116. The number of hydrogen-bond acceptors (Lipinski definition) is 7. The Labute approximate surface area is 145 Å². The molecule has 0 unspecified atom stereocenters. The number of carbonyl (C=O) groups excluding carboxylic acids is 1. The smallest absolute Gasteiger partial charge is 0.264 e. The van der Waals surface area contributed by atoms with Gasteiger partial charge in [0.1, 0.15) is 24.6 Å². The maximum Gasteiger partial charge on any atom is 0.264 e. The van der Waals surface area contributed by atoms with Gasteiger partial charge in [-0.3, -0.25) is 18.8 Å². The predicted molar refractivity (Wildman–Crippen MR) is 90.6 cm³/mol. The van der Waals surface area contributed by atoms with E-state index < -0.39 is 0 Å². The molecule has 0 radical (unpaired) electrons. The van der Waals surface area contributed by atoms with Gasteiger partial charge in [0.15, 0.2) is 5.65 Å². The molecule has 0 aliphatic carbocycles. The molecule has 0 fully saturated rings. The number of aromatic nitrogens is 8. The number of benzene rings is 1. The van der Waals surface area contributed by atoms with Gasteiger partial charge >= 0.3 is 0 Å². The molecule has 1 N–H and O–H groups in total. The zero-order valence-corrected chi connectivity index (χ0v) is 13.6. The first-order valence-electron chi connectivity index (χ1n) is 7.62. The fraction of sp³-hybridized carbons (Fsp3) is 0.133. The maximum absolute atomic E-state index is 12.4. The lowest BCUT2D eigenvalue weighted by Crippen LogP contribution is -2.27. The van der Waals surface area contributed by atoms with E-state index in [0.29, 0.717) is 16.7 Å². The Morgan fingerprint density at radius 2 is 2.00 bits per heavy atom. The van der Waals surface area contributed by atoms with Gasteiger partial charge in [-0.25, -0.2) is 9.67 Å². The van der Waals surface area contributed by atoms with Gasteiger partial charge in [0.05, 0.1) is 11.9 Å². The minimum absolute atomic E-state index is 0.147. The quantitative estimate of drug-likeness (QED) is 0.537. The van der Waals surface area contributed by atoms with E-state index in [1.807, 2.05) is 0 Å². The molecule has 3 aromatic heterocycles. The van der Waals surface area contributed by atoms with Crippen molar-refractivity contribution in [3.63, 3.8) is 0 Å². The van der Waals surface area contributed by atoms with Crippen LogP contribution in [0.4, 0.5) is 5.69 Å². The third-order valence-electron chi connectivity index (χ3n) is 3.80. The highest BCUT2D eigenvalue weighted by Gasteiger charge is 2.11. The molecule has 0 saturated carbocycles. The molecule has 4 rings (SSSR count). The SMILES string of the molecule is Cn1ncc2c(=O)n(CC(=O)Nc3ccc(-n4cnnn4)cc3)cnc21. The summed E-state index contributed by atoms with van der Waals surface area (Å²) in [5, 5.41) is 18.0. The van der Waals surface area contributed by atoms with Crippen molar-refractivity contribution in [1.29, 1.82) is 0 Å². The van der Waals surface area contributed by atoms with Crippen molar-refractivity contribution < 1.29 is 4.79 Å². The predicted octanol–water partition coefficient (Wildman–Crippen LogP) is -0.256. The Morgan fingerprint density at radius 3 is 2.73 bits per heavy atom. The summed E-state index contributed by atoms with van der Waals surface area (Å²) >= 11 is 0. The van der Waals surface area contributed by atoms with E-state index in [1.165, 1.54) is 32.8 Å². The van der Waals surface area contributed by atoms with Crippen LogP contribution >= 0.6 is 0 Å². The van der Waals surface area contributed by atoms with Crippen LogP contribution in [0.15, 0.2) is 47.9 Å². The standard InChI is InChI=1S/C15H13N9O2/c1-22-14-12(6-18-22)15(26)23(8-16-14)7-13(25)19-10-2-4-11(5-3-10)24-9-17-20-21-24/h2-6,8-9H,7H2,1H3,(H,19,25). The zero-order valence-electron chi connectivity index (χ0n) is 13.6. The summed E-state index contributed by atoms with van der Waals surface area (Å²) in [5.74, 6) is -0.340. The molecular formula is C15H13N9O2. The van der Waals surface area contributed by atoms with Crippen molar-refractivity contribution >= 4 is 22.6 Å². The summed E-state index contributed by atoms with van der Waals surface area (Å²) in [6, 6.07) is 6.98. The number of aryl methyl sites for hydroxylation is 1. The molecule has 26 heavy (non-hydrogen) atoms. The molecule has 1 amide bonds. The van der Waals surface area contributed by atoms with E-state index in [1.54, 1.807) is 31.3 Å². The molecule has 130 valence electrons. The molecule has 0 aliphatic heterocycles. The molecule has 11 heteroatoms. The molecule has 11 nitrogen and oxygen atoms in total. The summed E-state index contributed by atoms with van der Waals surface area (Å²) in [6.45, 7) is -0.147. The second-order valence-electron chi connectivity index (χ2n) is 5.53. The van der Waals surface area contributed by atoms with Crippen LogP contribution in [-0.2, 0) is 18.4 Å². The van der Waals surface area contributed by atoms with Gasteiger partial charge in [0.25, 0.3) is 5.56 Å². The van der Waals surface area contributed by atoms with Crippen LogP contribution in [-0.4, -0.2) is 45.4 Å². The number of nitrogens with zero attached hydrogens (tertiary/aromatic N) is 8. The van der Waals surface area contributed by atoms with E-state index in [0.717, 1.165) is 5.69 Å². The molecule has 0 saturated heterocycles. The minimum Gasteiger partial charge on any atom is -0.325 e. The topological polar surface area (TPSA) is 125 Å². The van der Waals surface area contributed by atoms with E-state index in [-0.39, 0.29) is 18.0 Å². The summed E-state index contributed by atoms with van der Waals surface area (Å²) in [4.78, 5) is 28.8. The number of carbonyl (C=O) groups is 1. The van der Waals surface area contributed by atoms with Crippen LogP contribution < -0.4 is 10.9 Å². The highest BCUT2D eigenvalue weighted by Crippen LogP contribution is 2.12. The van der Waals surface area contributed by atoms with Crippen molar-refractivity contribution in [3.8, 4) is 5.69 Å². The van der Waals surface area contributed by atoms with Crippen LogP contribution in [0.1, 0.15) is 0 Å². The van der Waals surface area contributed by atoms with Crippen LogP contribution in [0.2, 0.25) is 0 Å². The largest absolute Gasteiger partial charge is 0.325 e. The Kier molecular flexibility index (Phi) is 3.73. The highest BCUT2D eigenvalue weighted by molar-refractivity contribution is 5.90. The number of nitrogens with one attached hydrogen (secondary N) is 1. The van der Waals surface area contributed by atoms with Gasteiger partial charge in [0, 0.05) is 12.7 Å². The highest BCUT2D eigenvalue weighted by atomic mass is 16.2. The number of amides is 1. The van der Waals surface area contributed by atoms with Gasteiger partial charge in [-0.05, 0) is 34.7 Å². The van der Waals surface area contributed by atoms with Crippen molar-refractivity contribution in [2.24, 2.45) is 7.05 Å². The van der Waals surface area contributed by atoms with Gasteiger partial charge in [-0.1, -0.05) is 0 Å². The second kappa shape index (κ2) is 6.20. The van der Waals surface area contributed by atoms with Crippen LogP contribution in [0.25, 0.3) is 16.7 Å². The summed E-state index contributed by atoms with van der Waals surface area (Å²) in [6.07, 6.45) is 4.26. The molecule has 4 aromatic rings. The number of rotatable bonds is 4. The normalized spacial score (nSPS) is 11.0. The van der Waals surface area contributed by atoms with Crippen LogP contribution in [0.3, 0.4) is 0 Å². The summed E-state index contributed by atoms with van der Waals surface area (Å²) in [7, 11) is 1.70. The van der Waals surface area contributed by atoms with Gasteiger partial charge in [-0.2, -0.15) is 5.10 Å². The van der Waals surface area contributed by atoms with Gasteiger partial charge < -0.3 is 5.32 Å². The summed E-state index contributed by atoms with van der Waals surface area (Å²) in [5.41, 5.74) is 1.52. The van der Waals surface area contributed by atoms with Gasteiger partial charge in [0.2, 0.25) is 5.91 Å². The number of tetrazole rings is 1. The van der Waals surface area contributed by atoms with E-state index in [4.69, 9.17) is 0 Å². The van der Waals surface area contributed by atoms with Crippen molar-refractivity contribution in [2.75, 3.05) is 5.32 Å². The van der Waals surface area contributed by atoms with Crippen molar-refractivity contribution in [1.82, 2.24) is 39.5 Å². The molecule has 3 heterocycles. The Morgan fingerprint density at radius 1 is 1.19 bits per heavy atom. The molecule has 0 bridgehead atoms. The minimum atomic E-state index is -0.340. The second-order valence-corrected chi connectivity index (χ2v) is 5.53. The van der Waals surface area contributed by atoms with Crippen molar-refractivity contribution in [2.45, 2.75) is 6.54 Å². The van der Waals surface area contributed by atoms with E-state index >= 15 is 0 Å². The molecule has 0 aliphatic rings. The Balaban J connectivity index is 1.49. The van der Waals surface area contributed by atoms with E-state index in [9.17, 15) is 9.59 Å². The third-order valence-corrected chi connectivity index (χ3v) is 3.80. The molecule has 0 atom stereocenters. The number of hydrogen-bond donors (Lipinski definition) is 1. The Hall–Kier alpha value is -3.89. The number of anilines is 1. The third kappa shape index (κ3) is 2.81. The monoisotopic (exact) mass is 351 g/mol. The Bertz CT molecular complexity index is 1130. The lowest BCUT2D eigenvalue weighted by Gasteiger charge is -2.08. The molecule has 1 aromatic carbocycles. The van der Waals surface area contributed by atoms with Crippen molar-refractivity contribution in [3.05, 3.63) is 53.5 Å². The average molecular weight is 351 g/mol. The molecule has 0 spiro atoms. The molecular weight excluding hydrogens is 338 g/mol.